The van der Waals surface area contributed by atoms with E-state index in [0.29, 0.717) is 17.1 Å². The zero-order valence-corrected chi connectivity index (χ0v) is 16.3. The van der Waals surface area contributed by atoms with Crippen LogP contribution in [0.4, 0.5) is 4.39 Å². The number of aromatic hydroxyl groups is 1. The fourth-order valence-electron chi connectivity index (χ4n) is 2.69. The van der Waals surface area contributed by atoms with Crippen molar-refractivity contribution in [1.29, 1.82) is 0 Å². The van der Waals surface area contributed by atoms with Crippen LogP contribution in [0.1, 0.15) is 21.5 Å². The summed E-state index contributed by atoms with van der Waals surface area (Å²) in [7, 11) is 1.55. The normalized spacial score (nSPS) is 10.9. The minimum Gasteiger partial charge on any atom is -0.508 e. The van der Waals surface area contributed by atoms with Crippen molar-refractivity contribution >= 4 is 23.5 Å². The van der Waals surface area contributed by atoms with Crippen LogP contribution in [0.25, 0.3) is 6.08 Å². The van der Waals surface area contributed by atoms with E-state index in [0.717, 1.165) is 11.1 Å². The van der Waals surface area contributed by atoms with Gasteiger partial charge in [0.2, 0.25) is 0 Å². The van der Waals surface area contributed by atoms with Crippen molar-refractivity contribution in [1.82, 2.24) is 0 Å². The molecule has 0 unspecified atom stereocenters. The smallest absolute Gasteiger partial charge is 0.185 e. The average molecular weight is 413 g/mol. The molecule has 0 radical (unpaired) electrons. The minimum absolute atomic E-state index is 0.0348. The maximum Gasteiger partial charge on any atom is 0.185 e. The zero-order chi connectivity index (χ0) is 20.8. The highest BCUT2D eigenvalue weighted by atomic mass is 35.5. The van der Waals surface area contributed by atoms with Gasteiger partial charge in [0.1, 0.15) is 29.7 Å². The van der Waals surface area contributed by atoms with Crippen molar-refractivity contribution in [2.75, 3.05) is 7.11 Å². The molecule has 3 rings (SSSR count). The van der Waals surface area contributed by atoms with E-state index < -0.39 is 5.82 Å². The highest BCUT2D eigenvalue weighted by Crippen LogP contribution is 2.28. The fraction of sp³-hybridized carbons (Fsp3) is 0.0870. The predicted octanol–water partition coefficient (Wildman–Crippen LogP) is 5.67. The summed E-state index contributed by atoms with van der Waals surface area (Å²) in [5, 5.41) is 9.67. The van der Waals surface area contributed by atoms with Gasteiger partial charge in [-0.05, 0) is 54.1 Å². The van der Waals surface area contributed by atoms with Crippen LogP contribution in [0.3, 0.4) is 0 Å². The average Bonchev–Trinajstić information content (AvgIpc) is 2.71. The molecule has 0 saturated heterocycles. The molecule has 0 saturated carbocycles. The molecule has 0 atom stereocenters. The third-order valence-electron chi connectivity index (χ3n) is 4.14. The number of hydrogen-bond acceptors (Lipinski definition) is 4. The third kappa shape index (κ3) is 5.36. The monoisotopic (exact) mass is 412 g/mol. The summed E-state index contributed by atoms with van der Waals surface area (Å²) in [5.41, 5.74) is 1.90. The van der Waals surface area contributed by atoms with E-state index in [1.165, 1.54) is 36.4 Å². The molecule has 6 heteroatoms. The molecule has 148 valence electrons. The van der Waals surface area contributed by atoms with Crippen LogP contribution >= 0.6 is 11.6 Å². The molecule has 0 heterocycles. The van der Waals surface area contributed by atoms with Gasteiger partial charge in [0.25, 0.3) is 0 Å². The van der Waals surface area contributed by atoms with Crippen molar-refractivity contribution in [3.63, 3.8) is 0 Å². The third-order valence-corrected chi connectivity index (χ3v) is 4.43. The Morgan fingerprint density at radius 1 is 1.10 bits per heavy atom. The Balaban J connectivity index is 1.76. The Kier molecular flexibility index (Phi) is 6.52. The van der Waals surface area contributed by atoms with E-state index in [1.54, 1.807) is 37.5 Å². The standard InChI is InChI=1S/C23H18ClFO4/c1-28-22-9-6-15(5-8-21(27)16-3-2-4-19(26)12-16)11-17(22)14-29-23-10-7-18(25)13-20(23)24/h2-13,26H,14H2,1H3/b8-5+. The largest absolute Gasteiger partial charge is 0.508 e. The number of ketones is 1. The number of phenols is 1. The van der Waals surface area contributed by atoms with Crippen LogP contribution < -0.4 is 9.47 Å². The second kappa shape index (κ2) is 9.26. The first kappa shape index (κ1) is 20.4. The Labute approximate surface area is 172 Å². The number of hydrogen-bond donors (Lipinski definition) is 1. The second-order valence-electron chi connectivity index (χ2n) is 6.18. The van der Waals surface area contributed by atoms with Gasteiger partial charge < -0.3 is 14.6 Å². The number of allylic oxidation sites excluding steroid dienone is 1. The molecule has 0 fully saturated rings. The van der Waals surface area contributed by atoms with Gasteiger partial charge in [-0.25, -0.2) is 4.39 Å². The molecular formula is C23H18ClFO4. The number of benzene rings is 3. The van der Waals surface area contributed by atoms with Gasteiger partial charge in [0.15, 0.2) is 5.78 Å². The molecule has 3 aromatic carbocycles. The van der Waals surface area contributed by atoms with E-state index in [2.05, 4.69) is 0 Å². The van der Waals surface area contributed by atoms with Crippen LogP contribution in [0, 0.1) is 5.82 Å². The Bertz CT molecular complexity index is 1060. The van der Waals surface area contributed by atoms with Gasteiger partial charge in [0.05, 0.1) is 12.1 Å². The lowest BCUT2D eigenvalue weighted by Gasteiger charge is -2.12. The van der Waals surface area contributed by atoms with Crippen LogP contribution in [0.2, 0.25) is 5.02 Å². The maximum absolute atomic E-state index is 13.2. The van der Waals surface area contributed by atoms with E-state index >= 15 is 0 Å². The minimum atomic E-state index is -0.441. The van der Waals surface area contributed by atoms with Gasteiger partial charge in [-0.3, -0.25) is 4.79 Å². The number of ether oxygens (including phenoxy) is 2. The van der Waals surface area contributed by atoms with E-state index in [4.69, 9.17) is 21.1 Å². The summed E-state index contributed by atoms with van der Waals surface area (Å²) in [6.45, 7) is 0.150. The zero-order valence-electron chi connectivity index (χ0n) is 15.6. The summed E-state index contributed by atoms with van der Waals surface area (Å²) >= 11 is 5.99. The lowest BCUT2D eigenvalue weighted by atomic mass is 10.1. The molecule has 3 aromatic rings. The molecule has 0 amide bonds. The summed E-state index contributed by atoms with van der Waals surface area (Å²) < 4.78 is 24.2. The molecule has 0 bridgehead atoms. The molecule has 29 heavy (non-hydrogen) atoms. The molecule has 1 N–H and O–H groups in total. The van der Waals surface area contributed by atoms with Crippen LogP contribution in [-0.4, -0.2) is 18.0 Å². The van der Waals surface area contributed by atoms with Crippen LogP contribution in [0.5, 0.6) is 17.2 Å². The lowest BCUT2D eigenvalue weighted by molar-refractivity contribution is 0.104. The fourth-order valence-corrected chi connectivity index (χ4v) is 2.91. The number of rotatable bonds is 7. The summed E-state index contributed by atoms with van der Waals surface area (Å²) in [6.07, 6.45) is 3.10. The molecule has 4 nitrogen and oxygen atoms in total. The van der Waals surface area contributed by atoms with Crippen LogP contribution in [-0.2, 0) is 6.61 Å². The molecule has 0 spiro atoms. The maximum atomic E-state index is 13.2. The quantitative estimate of drug-likeness (QED) is 0.401. The van der Waals surface area contributed by atoms with Crippen molar-refractivity contribution < 1.29 is 23.8 Å². The second-order valence-corrected chi connectivity index (χ2v) is 6.59. The molecule has 0 aliphatic carbocycles. The summed E-state index contributed by atoms with van der Waals surface area (Å²) in [6, 6.07) is 15.5. The number of methoxy groups -OCH3 is 1. The number of carbonyl (C=O) groups excluding carboxylic acids is 1. The van der Waals surface area contributed by atoms with Crippen molar-refractivity contribution in [3.8, 4) is 17.2 Å². The van der Waals surface area contributed by atoms with Crippen molar-refractivity contribution in [2.24, 2.45) is 0 Å². The first-order valence-electron chi connectivity index (χ1n) is 8.72. The Hall–Kier alpha value is -3.31. The van der Waals surface area contributed by atoms with Gasteiger partial charge in [-0.15, -0.1) is 0 Å². The summed E-state index contributed by atoms with van der Waals surface area (Å²) in [4.78, 5) is 12.3. The van der Waals surface area contributed by atoms with Crippen molar-refractivity contribution in [3.05, 3.63) is 94.3 Å². The molecule has 0 aliphatic heterocycles. The predicted molar refractivity (Wildman–Crippen MR) is 110 cm³/mol. The van der Waals surface area contributed by atoms with Gasteiger partial charge in [-0.1, -0.05) is 35.9 Å². The van der Waals surface area contributed by atoms with Crippen molar-refractivity contribution in [2.45, 2.75) is 6.61 Å². The molecular weight excluding hydrogens is 395 g/mol. The van der Waals surface area contributed by atoms with E-state index in [1.807, 2.05) is 6.07 Å². The van der Waals surface area contributed by atoms with Gasteiger partial charge in [-0.2, -0.15) is 0 Å². The lowest BCUT2D eigenvalue weighted by Crippen LogP contribution is -2.00. The SMILES string of the molecule is COc1ccc(/C=C/C(=O)c2cccc(O)c2)cc1COc1ccc(F)cc1Cl. The first-order valence-corrected chi connectivity index (χ1v) is 9.10. The highest BCUT2D eigenvalue weighted by Gasteiger charge is 2.08. The Morgan fingerprint density at radius 2 is 1.90 bits per heavy atom. The first-order chi connectivity index (χ1) is 14.0. The molecule has 0 aliphatic rings. The topological polar surface area (TPSA) is 55.8 Å². The highest BCUT2D eigenvalue weighted by molar-refractivity contribution is 6.32. The van der Waals surface area contributed by atoms with Crippen LogP contribution in [0.15, 0.2) is 66.7 Å². The Morgan fingerprint density at radius 3 is 2.62 bits per heavy atom. The molecule has 0 aromatic heterocycles. The summed E-state index contributed by atoms with van der Waals surface area (Å²) in [5.74, 6) is 0.332. The van der Waals surface area contributed by atoms with Gasteiger partial charge in [0, 0.05) is 11.1 Å². The number of phenolic OH excluding ortho intramolecular Hbond substituents is 1. The van der Waals surface area contributed by atoms with Gasteiger partial charge >= 0.3 is 0 Å². The number of halogens is 2. The number of carbonyl (C=O) groups is 1. The van der Waals surface area contributed by atoms with E-state index in [9.17, 15) is 14.3 Å². The van der Waals surface area contributed by atoms with E-state index in [-0.39, 0.29) is 23.2 Å².